The third-order valence-corrected chi connectivity index (χ3v) is 5.70. The molecule has 1 saturated heterocycles. The first-order valence-corrected chi connectivity index (χ1v) is 8.74. The van der Waals surface area contributed by atoms with E-state index < -0.39 is 0 Å². The molecule has 1 amide bonds. The van der Waals surface area contributed by atoms with Crippen LogP contribution < -0.4 is 0 Å². The number of benzene rings is 1. The van der Waals surface area contributed by atoms with Gasteiger partial charge in [0.1, 0.15) is 0 Å². The van der Waals surface area contributed by atoms with Crippen LogP contribution >= 0.6 is 11.8 Å². The first kappa shape index (κ1) is 14.0. The van der Waals surface area contributed by atoms with Crippen molar-refractivity contribution in [2.75, 3.05) is 18.8 Å². The van der Waals surface area contributed by atoms with Crippen molar-refractivity contribution < 1.29 is 4.79 Å². The van der Waals surface area contributed by atoms with E-state index in [1.807, 2.05) is 11.8 Å². The highest BCUT2D eigenvalue weighted by molar-refractivity contribution is 7.99. The van der Waals surface area contributed by atoms with Crippen molar-refractivity contribution in [1.82, 2.24) is 4.90 Å². The first-order valence-electron chi connectivity index (χ1n) is 7.69. The van der Waals surface area contributed by atoms with Crippen molar-refractivity contribution in [2.24, 2.45) is 5.92 Å². The molecule has 0 N–H and O–H groups in total. The van der Waals surface area contributed by atoms with Gasteiger partial charge in [-0.3, -0.25) is 4.79 Å². The second-order valence-electron chi connectivity index (χ2n) is 6.03. The van der Waals surface area contributed by atoms with E-state index in [1.165, 1.54) is 24.0 Å². The van der Waals surface area contributed by atoms with Crippen molar-refractivity contribution in [2.45, 2.75) is 37.9 Å². The van der Waals surface area contributed by atoms with E-state index >= 15 is 0 Å². The molecule has 0 radical (unpaired) electrons. The van der Waals surface area contributed by atoms with E-state index in [0.717, 1.165) is 31.7 Å². The van der Waals surface area contributed by atoms with Crippen LogP contribution in [0.4, 0.5) is 0 Å². The second kappa shape index (κ2) is 6.21. The maximum atomic E-state index is 12.2. The number of hydrogen-bond acceptors (Lipinski definition) is 2. The van der Waals surface area contributed by atoms with Gasteiger partial charge in [0.2, 0.25) is 5.91 Å². The van der Waals surface area contributed by atoms with Crippen molar-refractivity contribution in [3.63, 3.8) is 0 Å². The standard InChI is InChI=1S/C17H23NOS/c1-13-4-2-3-5-15(13)16-8-9-18(10-11-20-16)17(19)12-14-6-7-14/h2-5,14,16H,6-12H2,1H3/t16-/m0/s1. The molecule has 3 rings (SSSR count). The molecule has 20 heavy (non-hydrogen) atoms. The molecule has 1 heterocycles. The molecule has 1 aromatic carbocycles. The summed E-state index contributed by atoms with van der Waals surface area (Å²) in [6, 6.07) is 8.67. The fraction of sp³-hybridized carbons (Fsp3) is 0.588. The Balaban J connectivity index is 1.61. The SMILES string of the molecule is Cc1ccccc1[C@@H]1CCN(C(=O)CC2CC2)CCS1. The summed E-state index contributed by atoms with van der Waals surface area (Å²) in [6.45, 7) is 4.05. The molecular weight excluding hydrogens is 266 g/mol. The fourth-order valence-electron chi connectivity index (χ4n) is 2.91. The van der Waals surface area contributed by atoms with Gasteiger partial charge in [0.15, 0.2) is 0 Å². The minimum Gasteiger partial charge on any atom is -0.342 e. The Kier molecular flexibility index (Phi) is 4.35. The summed E-state index contributed by atoms with van der Waals surface area (Å²) in [4.78, 5) is 14.3. The molecule has 3 heteroatoms. The van der Waals surface area contributed by atoms with Gasteiger partial charge in [-0.2, -0.15) is 11.8 Å². The number of nitrogens with zero attached hydrogens (tertiary/aromatic N) is 1. The molecule has 0 bridgehead atoms. The second-order valence-corrected chi connectivity index (χ2v) is 7.34. The van der Waals surface area contributed by atoms with Gasteiger partial charge < -0.3 is 4.90 Å². The highest BCUT2D eigenvalue weighted by atomic mass is 32.2. The molecule has 1 saturated carbocycles. The first-order chi connectivity index (χ1) is 9.74. The molecule has 1 aliphatic heterocycles. The zero-order valence-corrected chi connectivity index (χ0v) is 13.0. The lowest BCUT2D eigenvalue weighted by atomic mass is 10.0. The lowest BCUT2D eigenvalue weighted by Crippen LogP contribution is -2.33. The number of thioether (sulfide) groups is 1. The Labute approximate surface area is 125 Å². The minimum absolute atomic E-state index is 0.388. The molecule has 2 aliphatic rings. The quantitative estimate of drug-likeness (QED) is 0.843. The Morgan fingerprint density at radius 3 is 2.80 bits per heavy atom. The number of carbonyl (C=O) groups is 1. The van der Waals surface area contributed by atoms with Gasteiger partial charge in [-0.1, -0.05) is 24.3 Å². The minimum atomic E-state index is 0.388. The van der Waals surface area contributed by atoms with Crippen LogP contribution in [0.2, 0.25) is 0 Å². The third kappa shape index (κ3) is 3.38. The van der Waals surface area contributed by atoms with E-state index in [0.29, 0.717) is 17.1 Å². The van der Waals surface area contributed by atoms with Crippen molar-refractivity contribution in [3.05, 3.63) is 35.4 Å². The average molecular weight is 289 g/mol. The van der Waals surface area contributed by atoms with Crippen LogP contribution in [0, 0.1) is 12.8 Å². The Morgan fingerprint density at radius 1 is 1.25 bits per heavy atom. The average Bonchev–Trinajstić information content (AvgIpc) is 3.25. The summed E-state index contributed by atoms with van der Waals surface area (Å²) < 4.78 is 0. The van der Waals surface area contributed by atoms with Gasteiger partial charge in [-0.05, 0) is 43.2 Å². The van der Waals surface area contributed by atoms with E-state index in [1.54, 1.807) is 0 Å². The van der Waals surface area contributed by atoms with Crippen LogP contribution in [0.25, 0.3) is 0 Å². The Hall–Kier alpha value is -0.960. The Bertz CT molecular complexity index is 484. The van der Waals surface area contributed by atoms with Gasteiger partial charge >= 0.3 is 0 Å². The number of carbonyl (C=O) groups excluding carboxylic acids is 1. The maximum Gasteiger partial charge on any atom is 0.222 e. The summed E-state index contributed by atoms with van der Waals surface area (Å²) in [5.74, 6) is 2.15. The largest absolute Gasteiger partial charge is 0.342 e. The fourth-order valence-corrected chi connectivity index (χ4v) is 4.24. The number of aryl methyl sites for hydroxylation is 1. The topological polar surface area (TPSA) is 20.3 Å². The predicted octanol–water partition coefficient (Wildman–Crippen LogP) is 3.80. The van der Waals surface area contributed by atoms with E-state index in [2.05, 4.69) is 36.1 Å². The molecule has 1 aromatic rings. The number of hydrogen-bond donors (Lipinski definition) is 0. The van der Waals surface area contributed by atoms with Crippen LogP contribution in [-0.2, 0) is 4.79 Å². The molecule has 1 atom stereocenters. The smallest absolute Gasteiger partial charge is 0.222 e. The highest BCUT2D eigenvalue weighted by Gasteiger charge is 2.28. The van der Waals surface area contributed by atoms with Gasteiger partial charge in [0.25, 0.3) is 0 Å². The molecule has 1 aliphatic carbocycles. The summed E-state index contributed by atoms with van der Waals surface area (Å²) in [7, 11) is 0. The maximum absolute atomic E-state index is 12.2. The number of rotatable bonds is 3. The number of amides is 1. The van der Waals surface area contributed by atoms with Crippen LogP contribution in [-0.4, -0.2) is 29.6 Å². The predicted molar refractivity (Wildman–Crippen MR) is 84.9 cm³/mol. The molecule has 2 nitrogen and oxygen atoms in total. The van der Waals surface area contributed by atoms with Crippen molar-refractivity contribution in [3.8, 4) is 0 Å². The summed E-state index contributed by atoms with van der Waals surface area (Å²) in [5.41, 5.74) is 2.83. The lowest BCUT2D eigenvalue weighted by molar-refractivity contribution is -0.131. The highest BCUT2D eigenvalue weighted by Crippen LogP contribution is 2.37. The lowest BCUT2D eigenvalue weighted by Gasteiger charge is -2.20. The molecule has 2 fully saturated rings. The van der Waals surface area contributed by atoms with Crippen molar-refractivity contribution in [1.29, 1.82) is 0 Å². The third-order valence-electron chi connectivity index (χ3n) is 4.39. The zero-order chi connectivity index (χ0) is 13.9. The molecule has 0 unspecified atom stereocenters. The summed E-state index contributed by atoms with van der Waals surface area (Å²) >= 11 is 2.01. The normalized spacial score (nSPS) is 23.4. The van der Waals surface area contributed by atoms with Crippen LogP contribution in [0.3, 0.4) is 0 Å². The zero-order valence-electron chi connectivity index (χ0n) is 12.2. The monoisotopic (exact) mass is 289 g/mol. The van der Waals surface area contributed by atoms with Gasteiger partial charge in [0.05, 0.1) is 0 Å². The van der Waals surface area contributed by atoms with Gasteiger partial charge in [-0.25, -0.2) is 0 Å². The van der Waals surface area contributed by atoms with Crippen LogP contribution in [0.15, 0.2) is 24.3 Å². The van der Waals surface area contributed by atoms with Crippen LogP contribution in [0.1, 0.15) is 42.1 Å². The molecule has 0 spiro atoms. The summed E-state index contributed by atoms with van der Waals surface area (Å²) in [5, 5.41) is 0.551. The van der Waals surface area contributed by atoms with Crippen molar-refractivity contribution >= 4 is 17.7 Å². The van der Waals surface area contributed by atoms with E-state index in [9.17, 15) is 4.79 Å². The Morgan fingerprint density at radius 2 is 2.05 bits per heavy atom. The van der Waals surface area contributed by atoms with E-state index in [-0.39, 0.29) is 0 Å². The van der Waals surface area contributed by atoms with Gasteiger partial charge in [0, 0.05) is 30.5 Å². The van der Waals surface area contributed by atoms with Gasteiger partial charge in [-0.15, -0.1) is 0 Å². The summed E-state index contributed by atoms with van der Waals surface area (Å²) in [6.07, 6.45) is 4.41. The van der Waals surface area contributed by atoms with Crippen LogP contribution in [0.5, 0.6) is 0 Å². The molecular formula is C17H23NOS. The molecule has 108 valence electrons. The van der Waals surface area contributed by atoms with E-state index in [4.69, 9.17) is 0 Å². The molecule has 0 aromatic heterocycles.